The highest BCUT2D eigenvalue weighted by molar-refractivity contribution is 6.55. The van der Waals surface area contributed by atoms with Crippen molar-refractivity contribution in [2.75, 3.05) is 49.8 Å². The predicted molar refractivity (Wildman–Crippen MR) is 158 cm³/mol. The third-order valence-electron chi connectivity index (χ3n) is 6.88. The lowest BCUT2D eigenvalue weighted by Gasteiger charge is -2.30. The van der Waals surface area contributed by atoms with Crippen LogP contribution in [-0.2, 0) is 14.3 Å². The van der Waals surface area contributed by atoms with Gasteiger partial charge in [-0.25, -0.2) is 9.79 Å². The molecule has 2 aliphatic heterocycles. The van der Waals surface area contributed by atoms with Gasteiger partial charge in [0.2, 0.25) is 0 Å². The molecule has 0 saturated carbocycles. The number of carbonyl (C=O) groups is 3. The topological polar surface area (TPSA) is 101 Å². The summed E-state index contributed by atoms with van der Waals surface area (Å²) in [5.74, 6) is -0.898. The summed E-state index contributed by atoms with van der Waals surface area (Å²) < 4.78 is 10.6. The first-order valence-corrected chi connectivity index (χ1v) is 14.0. The summed E-state index contributed by atoms with van der Waals surface area (Å²) in [6.07, 6.45) is 1.76. The van der Waals surface area contributed by atoms with Gasteiger partial charge >= 0.3 is 5.97 Å². The number of carbonyl (C=O) groups excluding carboxylic acids is 3. The normalized spacial score (nSPS) is 16.1. The minimum atomic E-state index is -0.386. The molecule has 10 heteroatoms. The number of hydrogen-bond donors (Lipinski definition) is 1. The Labute approximate surface area is 243 Å². The lowest BCUT2D eigenvalue weighted by molar-refractivity contribution is -0.112. The zero-order chi connectivity index (χ0) is 28.8. The number of nitrogens with zero attached hydrogens (tertiary/aromatic N) is 3. The Bertz CT molecular complexity index is 1450. The third kappa shape index (κ3) is 6.82. The summed E-state index contributed by atoms with van der Waals surface area (Å²) in [5.41, 5.74) is 3.68. The smallest absolute Gasteiger partial charge is 0.338 e. The zero-order valence-corrected chi connectivity index (χ0v) is 23.5. The quantitative estimate of drug-likeness (QED) is 0.275. The van der Waals surface area contributed by atoms with Crippen molar-refractivity contribution in [1.29, 1.82) is 0 Å². The van der Waals surface area contributed by atoms with E-state index >= 15 is 0 Å². The van der Waals surface area contributed by atoms with Crippen LogP contribution >= 0.6 is 11.6 Å². The van der Waals surface area contributed by atoms with Crippen LogP contribution < -0.4 is 10.2 Å². The summed E-state index contributed by atoms with van der Waals surface area (Å²) in [7, 11) is 0. The molecule has 2 heterocycles. The van der Waals surface area contributed by atoms with Crippen molar-refractivity contribution in [2.24, 2.45) is 4.99 Å². The minimum Gasteiger partial charge on any atom is -0.462 e. The number of rotatable bonds is 9. The Kier molecular flexibility index (Phi) is 9.08. The van der Waals surface area contributed by atoms with Crippen LogP contribution in [0.4, 0.5) is 17.1 Å². The van der Waals surface area contributed by atoms with Gasteiger partial charge in [0, 0.05) is 34.9 Å². The molecule has 3 aromatic carbocycles. The van der Waals surface area contributed by atoms with E-state index in [1.165, 1.54) is 0 Å². The molecule has 0 bridgehead atoms. The molecule has 9 nitrogen and oxygen atoms in total. The standard InChI is InChI=1S/C31H31ClN4O5/c1-2-3-16-41-31(39)22-6-11-25(12-7-22)34-29(37)21-4-9-24(10-5-21)33-28-26-19-23(32)8-13-27(26)36(30(28)38)20-35-14-17-40-18-15-35/h4-13,19H,2-3,14-18,20H2,1H3,(H,34,37). The molecule has 3 aromatic rings. The van der Waals surface area contributed by atoms with Gasteiger partial charge in [0.05, 0.1) is 43.4 Å². The highest BCUT2D eigenvalue weighted by atomic mass is 35.5. The number of esters is 1. The molecule has 41 heavy (non-hydrogen) atoms. The van der Waals surface area contributed by atoms with Crippen LogP contribution in [0.3, 0.4) is 0 Å². The van der Waals surface area contributed by atoms with E-state index in [1.807, 2.05) is 13.0 Å². The molecular weight excluding hydrogens is 544 g/mol. The number of morpholine rings is 1. The van der Waals surface area contributed by atoms with Crippen molar-refractivity contribution in [3.8, 4) is 0 Å². The van der Waals surface area contributed by atoms with E-state index < -0.39 is 0 Å². The maximum Gasteiger partial charge on any atom is 0.338 e. The molecule has 0 spiro atoms. The molecular formula is C31H31ClN4O5. The van der Waals surface area contributed by atoms with Crippen LogP contribution in [-0.4, -0.2) is 68.0 Å². The second kappa shape index (κ2) is 13.1. The Morgan fingerprint density at radius 1 is 1.00 bits per heavy atom. The molecule has 0 aromatic heterocycles. The third-order valence-corrected chi connectivity index (χ3v) is 7.11. The van der Waals surface area contributed by atoms with E-state index in [-0.39, 0.29) is 17.8 Å². The summed E-state index contributed by atoms with van der Waals surface area (Å²) in [5, 5.41) is 3.34. The maximum atomic E-state index is 13.5. The van der Waals surface area contributed by atoms with E-state index in [2.05, 4.69) is 15.2 Å². The van der Waals surface area contributed by atoms with Gasteiger partial charge in [-0.3, -0.25) is 19.4 Å². The number of ether oxygens (including phenoxy) is 2. The number of hydrogen-bond acceptors (Lipinski definition) is 7. The Morgan fingerprint density at radius 2 is 1.71 bits per heavy atom. The summed E-state index contributed by atoms with van der Waals surface area (Å²) in [6, 6.07) is 18.6. The zero-order valence-electron chi connectivity index (χ0n) is 22.8. The van der Waals surface area contributed by atoms with Gasteiger partial charge in [-0.15, -0.1) is 0 Å². The van der Waals surface area contributed by atoms with E-state index in [1.54, 1.807) is 65.6 Å². The van der Waals surface area contributed by atoms with Crippen LogP contribution in [0.25, 0.3) is 0 Å². The van der Waals surface area contributed by atoms with Crippen molar-refractivity contribution in [3.63, 3.8) is 0 Å². The monoisotopic (exact) mass is 574 g/mol. The summed E-state index contributed by atoms with van der Waals surface area (Å²) in [6.45, 7) is 5.62. The van der Waals surface area contributed by atoms with Crippen molar-refractivity contribution >= 4 is 52.2 Å². The van der Waals surface area contributed by atoms with Gasteiger partial charge in [-0.1, -0.05) is 24.9 Å². The molecule has 0 radical (unpaired) electrons. The van der Waals surface area contributed by atoms with Crippen LogP contribution in [0.1, 0.15) is 46.0 Å². The van der Waals surface area contributed by atoms with E-state index in [4.69, 9.17) is 21.1 Å². The molecule has 1 fully saturated rings. The number of nitrogens with one attached hydrogen (secondary N) is 1. The van der Waals surface area contributed by atoms with Crippen molar-refractivity contribution < 1.29 is 23.9 Å². The maximum absolute atomic E-state index is 13.5. The van der Waals surface area contributed by atoms with Gasteiger partial charge in [0.25, 0.3) is 11.8 Å². The number of anilines is 2. The fourth-order valence-electron chi connectivity index (χ4n) is 4.58. The summed E-state index contributed by atoms with van der Waals surface area (Å²) in [4.78, 5) is 46.9. The highest BCUT2D eigenvalue weighted by Crippen LogP contribution is 2.33. The molecule has 212 valence electrons. The molecule has 0 unspecified atom stereocenters. The number of halogens is 1. The minimum absolute atomic E-state index is 0.201. The SMILES string of the molecule is CCCCOC(=O)c1ccc(NC(=O)c2ccc(N=C3C(=O)N(CN4CCOCC4)c4ccc(Cl)cc43)cc2)cc1. The lowest BCUT2D eigenvalue weighted by atomic mass is 10.1. The molecule has 1 N–H and O–H groups in total. The Balaban J connectivity index is 1.27. The lowest BCUT2D eigenvalue weighted by Crippen LogP contribution is -2.45. The average Bonchev–Trinajstić information content (AvgIpc) is 3.23. The second-order valence-corrected chi connectivity index (χ2v) is 10.2. The van der Waals surface area contributed by atoms with Crippen LogP contribution in [0.15, 0.2) is 71.7 Å². The van der Waals surface area contributed by atoms with Crippen molar-refractivity contribution in [1.82, 2.24) is 4.90 Å². The van der Waals surface area contributed by atoms with Crippen LogP contribution in [0, 0.1) is 0 Å². The van der Waals surface area contributed by atoms with Gasteiger partial charge < -0.3 is 14.8 Å². The van der Waals surface area contributed by atoms with Gasteiger partial charge in [-0.2, -0.15) is 0 Å². The average molecular weight is 575 g/mol. The fraction of sp³-hybridized carbons (Fsp3) is 0.290. The van der Waals surface area contributed by atoms with E-state index in [0.717, 1.165) is 31.6 Å². The number of unbranched alkanes of at least 4 members (excludes halogenated alkanes) is 1. The number of aliphatic imine (C=N–C) groups is 1. The molecule has 0 atom stereocenters. The first-order valence-electron chi connectivity index (χ1n) is 13.6. The molecule has 2 aliphatic rings. The van der Waals surface area contributed by atoms with Crippen molar-refractivity contribution in [3.05, 3.63) is 88.4 Å². The van der Waals surface area contributed by atoms with Crippen LogP contribution in [0.5, 0.6) is 0 Å². The number of amides is 2. The first-order chi connectivity index (χ1) is 19.9. The highest BCUT2D eigenvalue weighted by Gasteiger charge is 2.35. The van der Waals surface area contributed by atoms with Gasteiger partial charge in [0.1, 0.15) is 5.71 Å². The Hall–Kier alpha value is -4.05. The number of benzene rings is 3. The first kappa shape index (κ1) is 28.5. The van der Waals surface area contributed by atoms with Gasteiger partial charge in [-0.05, 0) is 73.2 Å². The van der Waals surface area contributed by atoms with Crippen molar-refractivity contribution in [2.45, 2.75) is 19.8 Å². The van der Waals surface area contributed by atoms with E-state index in [9.17, 15) is 14.4 Å². The van der Waals surface area contributed by atoms with Gasteiger partial charge in [0.15, 0.2) is 0 Å². The number of fused-ring (bicyclic) bond motifs is 1. The van der Waals surface area contributed by atoms with Crippen LogP contribution in [0.2, 0.25) is 5.02 Å². The molecule has 0 aliphatic carbocycles. The largest absolute Gasteiger partial charge is 0.462 e. The fourth-order valence-corrected chi connectivity index (χ4v) is 4.75. The second-order valence-electron chi connectivity index (χ2n) is 9.79. The Morgan fingerprint density at radius 3 is 2.41 bits per heavy atom. The van der Waals surface area contributed by atoms with E-state index in [0.29, 0.717) is 65.3 Å². The molecule has 1 saturated heterocycles. The molecule has 5 rings (SSSR count). The predicted octanol–water partition coefficient (Wildman–Crippen LogP) is 5.31. The molecule has 2 amide bonds. The summed E-state index contributed by atoms with van der Waals surface area (Å²) >= 11 is 6.27.